The van der Waals surface area contributed by atoms with E-state index in [0.29, 0.717) is 5.56 Å². The third kappa shape index (κ3) is 2.85. The molecule has 0 saturated heterocycles. The number of nitrogens with one attached hydrogen (secondary N) is 1. The molecule has 41 heavy (non-hydrogen) atoms. The third-order valence-corrected chi connectivity index (χ3v) is 8.45. The van der Waals surface area contributed by atoms with Crippen LogP contribution in [0.4, 0.5) is 0 Å². The van der Waals surface area contributed by atoms with Gasteiger partial charge >= 0.3 is 0 Å². The molecule has 0 spiro atoms. The van der Waals surface area contributed by atoms with Crippen LogP contribution in [-0.4, -0.2) is 14.1 Å². The summed E-state index contributed by atoms with van der Waals surface area (Å²) in [7, 11) is 0. The maximum Gasteiger partial charge on any atom is 0.168 e. The normalized spacial score (nSPS) is 12.5. The smallest absolute Gasteiger partial charge is 0.168 e. The number of para-hydroxylation sites is 3. The van der Waals surface area contributed by atoms with Crippen molar-refractivity contribution in [1.82, 2.24) is 14.1 Å². The van der Waals surface area contributed by atoms with E-state index in [4.69, 9.17) is 0 Å². The minimum atomic E-state index is 0.627. The molecule has 4 nitrogen and oxygen atoms in total. The molecule has 0 saturated carbocycles. The van der Waals surface area contributed by atoms with Gasteiger partial charge in [0.15, 0.2) is 5.69 Å². The highest BCUT2D eigenvalue weighted by atomic mass is 15.0. The fourth-order valence-corrected chi connectivity index (χ4v) is 6.77. The first-order valence-electron chi connectivity index (χ1n) is 13.7. The van der Waals surface area contributed by atoms with Crippen LogP contribution < -0.4 is 0 Å². The van der Waals surface area contributed by atoms with Gasteiger partial charge in [-0.1, -0.05) is 60.7 Å². The Hall–Kier alpha value is -5.88. The number of nitrogens with zero attached hydrogens (tertiary/aromatic N) is 3. The van der Waals surface area contributed by atoms with Crippen molar-refractivity contribution in [1.29, 1.82) is 5.26 Å². The van der Waals surface area contributed by atoms with Gasteiger partial charge in [0.25, 0.3) is 0 Å². The van der Waals surface area contributed by atoms with Crippen molar-refractivity contribution in [2.24, 2.45) is 0 Å². The molecule has 0 atom stereocenters. The second-order valence-corrected chi connectivity index (χ2v) is 10.5. The molecule has 3 heterocycles. The number of hydrogen-bond donors (Lipinski definition) is 1. The molecule has 0 fully saturated rings. The summed E-state index contributed by atoms with van der Waals surface area (Å²) in [4.78, 5) is 3.70. The third-order valence-electron chi connectivity index (χ3n) is 8.45. The highest BCUT2D eigenvalue weighted by Gasteiger charge is 2.26. The van der Waals surface area contributed by atoms with Gasteiger partial charge in [0.05, 0.1) is 44.9 Å². The van der Waals surface area contributed by atoms with Gasteiger partial charge in [-0.15, -0.1) is 0 Å². The van der Waals surface area contributed by atoms with E-state index in [9.17, 15) is 5.26 Å². The van der Waals surface area contributed by atoms with Crippen molar-refractivity contribution in [3.63, 3.8) is 0 Å². The van der Waals surface area contributed by atoms with E-state index >= 15 is 0 Å². The number of aromatic nitrogens is 3. The maximum absolute atomic E-state index is 10.8. The fourth-order valence-electron chi connectivity index (χ4n) is 6.77. The molecule has 1 N–H and O–H groups in total. The van der Waals surface area contributed by atoms with Crippen LogP contribution in [0.2, 0.25) is 0 Å². The Morgan fingerprint density at radius 1 is 0.634 bits per heavy atom. The number of aromatic amines is 1. The number of fused-ring (bicyclic) bond motifs is 10. The van der Waals surface area contributed by atoms with Crippen molar-refractivity contribution in [2.45, 2.75) is 0 Å². The monoisotopic (exact) mass is 521 g/mol. The first kappa shape index (κ1) is 22.0. The van der Waals surface area contributed by atoms with E-state index in [1.54, 1.807) is 0 Å². The average Bonchev–Trinajstić information content (AvgIpc) is 3.68. The van der Waals surface area contributed by atoms with Crippen LogP contribution in [0.15, 0.2) is 109 Å². The van der Waals surface area contributed by atoms with Crippen molar-refractivity contribution < 1.29 is 0 Å². The summed E-state index contributed by atoms with van der Waals surface area (Å²) >= 11 is 0. The lowest BCUT2D eigenvalue weighted by Crippen LogP contribution is -2.05. The number of allylic oxidation sites excluding steroid dienone is 2. The zero-order valence-electron chi connectivity index (χ0n) is 21.9. The summed E-state index contributed by atoms with van der Waals surface area (Å²) in [5, 5.41) is 16.6. The molecule has 1 aliphatic carbocycles. The Balaban J connectivity index is 1.41. The highest BCUT2D eigenvalue weighted by molar-refractivity contribution is 6.25. The van der Waals surface area contributed by atoms with Gasteiger partial charge in [0.2, 0.25) is 0 Å². The van der Waals surface area contributed by atoms with E-state index in [1.165, 1.54) is 10.8 Å². The largest absolute Gasteiger partial charge is 0.354 e. The topological polar surface area (TPSA) is 49.4 Å². The van der Waals surface area contributed by atoms with Gasteiger partial charge in [-0.3, -0.25) is 4.57 Å². The van der Waals surface area contributed by atoms with Crippen LogP contribution in [0.25, 0.3) is 78.0 Å². The molecule has 0 aliphatic heterocycles. The molecule has 3 aromatic heterocycles. The standard InChI is InChI=1S/C37H21N4/c38-22-28-33(40-30-15-6-2-11-24(30)25-12-3-7-16-31(25)40)18-9-19-34(28)41-32-17-8-4-13-27(32)36-35(41)21-20-26-23-10-1-5-14-29(23)39-37(26)36/h1-2,4-21,39H/q+1. The number of nitriles is 1. The van der Waals surface area contributed by atoms with E-state index in [1.807, 2.05) is 12.2 Å². The van der Waals surface area contributed by atoms with Crippen LogP contribution in [-0.2, 0) is 0 Å². The molecule has 0 amide bonds. The van der Waals surface area contributed by atoms with E-state index in [-0.39, 0.29) is 0 Å². The Bertz CT molecular complexity index is 2490. The minimum absolute atomic E-state index is 0.627. The van der Waals surface area contributed by atoms with Gasteiger partial charge in [0, 0.05) is 33.1 Å². The summed E-state index contributed by atoms with van der Waals surface area (Å²) in [6.45, 7) is 0. The maximum atomic E-state index is 10.8. The zero-order chi connectivity index (χ0) is 27.1. The lowest BCUT2D eigenvalue weighted by molar-refractivity contribution is 1.07. The predicted molar refractivity (Wildman–Crippen MR) is 168 cm³/mol. The second-order valence-electron chi connectivity index (χ2n) is 10.5. The molecular weight excluding hydrogens is 500 g/mol. The Morgan fingerprint density at radius 3 is 2.17 bits per heavy atom. The van der Waals surface area contributed by atoms with Gasteiger partial charge in [0.1, 0.15) is 29.3 Å². The fraction of sp³-hybridized carbons (Fsp3) is 0. The van der Waals surface area contributed by atoms with Gasteiger partial charge in [-0.25, -0.2) is 0 Å². The number of hydrogen-bond acceptors (Lipinski definition) is 1. The van der Waals surface area contributed by atoms with Gasteiger partial charge in [-0.2, -0.15) is 5.26 Å². The Morgan fingerprint density at radius 2 is 1.34 bits per heavy atom. The van der Waals surface area contributed by atoms with Gasteiger partial charge in [-0.05, 0) is 42.5 Å². The lowest BCUT2D eigenvalue weighted by atomic mass is 10.1. The summed E-state index contributed by atoms with van der Waals surface area (Å²) < 4.78 is 4.46. The Labute approximate surface area is 235 Å². The van der Waals surface area contributed by atoms with Crippen molar-refractivity contribution >= 4 is 66.7 Å². The molecule has 1 aliphatic rings. The van der Waals surface area contributed by atoms with Crippen LogP contribution in [0, 0.1) is 17.4 Å². The summed E-state index contributed by atoms with van der Waals surface area (Å²) in [6, 6.07) is 38.5. The lowest BCUT2D eigenvalue weighted by Gasteiger charge is -2.15. The summed E-state index contributed by atoms with van der Waals surface area (Å²) in [5.74, 6) is 0. The van der Waals surface area contributed by atoms with Crippen LogP contribution in [0.1, 0.15) is 16.8 Å². The van der Waals surface area contributed by atoms with Crippen LogP contribution in [0.3, 0.4) is 0 Å². The second kappa shape index (κ2) is 8.07. The summed E-state index contributed by atoms with van der Waals surface area (Å²) in [5.41, 5.74) is 9.97. The average molecular weight is 522 g/mol. The van der Waals surface area contributed by atoms with Crippen LogP contribution >= 0.6 is 0 Å². The van der Waals surface area contributed by atoms with Crippen molar-refractivity contribution in [3.8, 4) is 17.4 Å². The molecular formula is C37H21N4+. The van der Waals surface area contributed by atoms with Gasteiger partial charge < -0.3 is 9.55 Å². The van der Waals surface area contributed by atoms with E-state index in [2.05, 4.69) is 135 Å². The number of benzene rings is 5. The number of rotatable bonds is 2. The summed E-state index contributed by atoms with van der Waals surface area (Å²) in [6.07, 6.45) is 9.28. The van der Waals surface area contributed by atoms with Crippen LogP contribution in [0.5, 0.6) is 0 Å². The van der Waals surface area contributed by atoms with Crippen molar-refractivity contribution in [3.05, 3.63) is 132 Å². The molecule has 0 unspecified atom stereocenters. The van der Waals surface area contributed by atoms with E-state index < -0.39 is 0 Å². The molecule has 188 valence electrons. The predicted octanol–water partition coefficient (Wildman–Crippen LogP) is 9.08. The Kier molecular flexibility index (Phi) is 4.33. The van der Waals surface area contributed by atoms with Crippen molar-refractivity contribution in [2.75, 3.05) is 0 Å². The molecule has 5 aromatic carbocycles. The molecule has 9 rings (SSSR count). The minimum Gasteiger partial charge on any atom is -0.354 e. The quantitative estimate of drug-likeness (QED) is 0.227. The molecule has 8 aromatic rings. The number of H-pyrrole nitrogens is 1. The molecule has 4 heteroatoms. The van der Waals surface area contributed by atoms with E-state index in [0.717, 1.165) is 66.4 Å². The SMILES string of the molecule is N#Cc1c(-n2c3c(c4ccccc42)C=[C+]C=C3)cccc1-n1c2ccccc2c2c3[nH]c4ccccc4c3ccc21. The zero-order valence-corrected chi connectivity index (χ0v) is 21.9. The molecule has 0 radical (unpaired) electrons. The highest BCUT2D eigenvalue weighted by Crippen LogP contribution is 2.41. The first-order chi connectivity index (χ1) is 20.3. The first-order valence-corrected chi connectivity index (χ1v) is 13.7. The molecule has 0 bridgehead atoms.